The van der Waals surface area contributed by atoms with E-state index in [-0.39, 0.29) is 11.0 Å². The molecule has 9 heteroatoms. The quantitative estimate of drug-likeness (QED) is 0.201. The number of nitrogens with one attached hydrogen (secondary N) is 3. The van der Waals surface area contributed by atoms with Gasteiger partial charge in [0, 0.05) is 10.7 Å². The van der Waals surface area contributed by atoms with E-state index in [0.29, 0.717) is 10.7 Å². The highest BCUT2D eigenvalue weighted by molar-refractivity contribution is 7.80. The summed E-state index contributed by atoms with van der Waals surface area (Å²) in [4.78, 5) is 13.4. The minimum Gasteiger partial charge on any atom is -0.339 e. The molecule has 0 bridgehead atoms. The first-order chi connectivity index (χ1) is 15.2. The van der Waals surface area contributed by atoms with Crippen molar-refractivity contribution in [1.82, 2.24) is 10.6 Å². The van der Waals surface area contributed by atoms with Crippen molar-refractivity contribution < 1.29 is 4.79 Å². The van der Waals surface area contributed by atoms with E-state index in [9.17, 15) is 4.79 Å². The van der Waals surface area contributed by atoms with Crippen LogP contribution in [0.2, 0.25) is 5.02 Å². The van der Waals surface area contributed by atoms with E-state index in [2.05, 4.69) is 16.0 Å². The minimum absolute atomic E-state index is 0.167. The zero-order chi connectivity index (χ0) is 23.1. The van der Waals surface area contributed by atoms with Gasteiger partial charge in [0.25, 0.3) is 0 Å². The highest BCUT2D eigenvalue weighted by Crippen LogP contribution is 2.31. The number of carbonyl (C=O) groups excluding carboxylic acids is 1. The molecular formula is C23H19Cl4N3OS. The molecule has 32 heavy (non-hydrogen) atoms. The van der Waals surface area contributed by atoms with Crippen LogP contribution in [0.4, 0.5) is 5.69 Å². The second kappa shape index (κ2) is 11.2. The number of hydrogen-bond acceptors (Lipinski definition) is 2. The standard InChI is InChI=1S/C23H19Cl4N3OS/c24-17-11-13-18(14-12-17)28-22(32)30-21(23(25,26)27)29-20(31)19(15-7-3-1-4-8-15)16-9-5-2-6-10-16/h1-14,19,21H,(H,29,31)(H2,28,30,32)/t21-/m0/s1. The van der Waals surface area contributed by atoms with Crippen LogP contribution in [0.15, 0.2) is 84.9 Å². The molecule has 0 aliphatic heterocycles. The first-order valence-corrected chi connectivity index (χ1v) is 11.5. The molecule has 3 rings (SSSR count). The van der Waals surface area contributed by atoms with Gasteiger partial charge in [0.1, 0.15) is 6.17 Å². The molecule has 0 aliphatic rings. The van der Waals surface area contributed by atoms with Gasteiger partial charge in [0.05, 0.1) is 5.92 Å². The maximum absolute atomic E-state index is 13.4. The van der Waals surface area contributed by atoms with Crippen LogP contribution in [-0.2, 0) is 4.79 Å². The predicted molar refractivity (Wildman–Crippen MR) is 138 cm³/mol. The molecule has 1 amide bonds. The van der Waals surface area contributed by atoms with Crippen LogP contribution in [0.1, 0.15) is 17.0 Å². The zero-order valence-corrected chi connectivity index (χ0v) is 20.4. The van der Waals surface area contributed by atoms with E-state index >= 15 is 0 Å². The Morgan fingerprint density at radius 1 is 0.781 bits per heavy atom. The second-order valence-electron chi connectivity index (χ2n) is 6.84. The summed E-state index contributed by atoms with van der Waals surface area (Å²) < 4.78 is -1.88. The molecule has 0 saturated carbocycles. The molecule has 166 valence electrons. The molecule has 0 fully saturated rings. The number of amides is 1. The largest absolute Gasteiger partial charge is 0.339 e. The van der Waals surface area contributed by atoms with Crippen LogP contribution in [0.25, 0.3) is 0 Å². The molecule has 1 atom stereocenters. The first-order valence-electron chi connectivity index (χ1n) is 9.54. The van der Waals surface area contributed by atoms with Crippen LogP contribution in [0, 0.1) is 0 Å². The molecule has 0 spiro atoms. The fraction of sp³-hybridized carbons (Fsp3) is 0.130. The molecule has 3 aromatic carbocycles. The maximum atomic E-state index is 13.4. The van der Waals surface area contributed by atoms with E-state index in [1.807, 2.05) is 60.7 Å². The number of rotatable bonds is 6. The van der Waals surface area contributed by atoms with E-state index in [1.54, 1.807) is 24.3 Å². The number of anilines is 1. The number of benzene rings is 3. The highest BCUT2D eigenvalue weighted by Gasteiger charge is 2.36. The number of carbonyl (C=O) groups is 1. The van der Waals surface area contributed by atoms with Gasteiger partial charge in [-0.25, -0.2) is 0 Å². The van der Waals surface area contributed by atoms with Gasteiger partial charge in [-0.15, -0.1) is 0 Å². The van der Waals surface area contributed by atoms with E-state index in [1.165, 1.54) is 0 Å². The number of hydrogen-bond donors (Lipinski definition) is 3. The van der Waals surface area contributed by atoms with Gasteiger partial charge in [-0.1, -0.05) is 107 Å². The van der Waals surface area contributed by atoms with Crippen molar-refractivity contribution in [3.8, 4) is 0 Å². The predicted octanol–water partition coefficient (Wildman–Crippen LogP) is 6.27. The molecule has 0 aliphatic carbocycles. The Bertz CT molecular complexity index is 1000. The molecule has 3 N–H and O–H groups in total. The summed E-state index contributed by atoms with van der Waals surface area (Å²) >= 11 is 29.7. The number of thiocarbonyl (C=S) groups is 1. The lowest BCUT2D eigenvalue weighted by Gasteiger charge is -2.29. The molecule has 3 aromatic rings. The topological polar surface area (TPSA) is 53.2 Å². The van der Waals surface area contributed by atoms with Crippen LogP contribution < -0.4 is 16.0 Å². The second-order valence-corrected chi connectivity index (χ2v) is 10.1. The first kappa shape index (κ1) is 24.6. The van der Waals surface area contributed by atoms with Crippen molar-refractivity contribution in [2.45, 2.75) is 15.9 Å². The Hall–Kier alpha value is -2.02. The van der Waals surface area contributed by atoms with Gasteiger partial charge in [0.2, 0.25) is 9.70 Å². The molecule has 4 nitrogen and oxygen atoms in total. The highest BCUT2D eigenvalue weighted by atomic mass is 35.6. The van der Waals surface area contributed by atoms with Gasteiger partial charge in [-0.2, -0.15) is 0 Å². The maximum Gasteiger partial charge on any atom is 0.233 e. The fourth-order valence-electron chi connectivity index (χ4n) is 3.04. The molecule has 0 heterocycles. The third-order valence-electron chi connectivity index (χ3n) is 4.52. The van der Waals surface area contributed by atoms with Crippen molar-refractivity contribution in [3.05, 3.63) is 101 Å². The fourth-order valence-corrected chi connectivity index (χ4v) is 3.73. The third-order valence-corrected chi connectivity index (χ3v) is 5.65. The summed E-state index contributed by atoms with van der Waals surface area (Å²) in [6, 6.07) is 25.7. The van der Waals surface area contributed by atoms with Gasteiger partial charge in [-0.3, -0.25) is 4.79 Å². The van der Waals surface area contributed by atoms with E-state index in [4.69, 9.17) is 58.6 Å². The van der Waals surface area contributed by atoms with Crippen molar-refractivity contribution in [2.24, 2.45) is 0 Å². The SMILES string of the molecule is O=C(N[C@@H](NC(=S)Nc1ccc(Cl)cc1)C(Cl)(Cl)Cl)C(c1ccccc1)c1ccccc1. The summed E-state index contributed by atoms with van der Waals surface area (Å²) in [5, 5.41) is 9.38. The summed E-state index contributed by atoms with van der Waals surface area (Å²) in [6.45, 7) is 0. The van der Waals surface area contributed by atoms with Crippen molar-refractivity contribution in [2.75, 3.05) is 5.32 Å². The lowest BCUT2D eigenvalue weighted by atomic mass is 9.90. The lowest BCUT2D eigenvalue weighted by Crippen LogP contribution is -2.57. The third kappa shape index (κ3) is 6.99. The van der Waals surface area contributed by atoms with Gasteiger partial charge >= 0.3 is 0 Å². The Labute approximate surface area is 212 Å². The molecule has 0 saturated heterocycles. The average molecular weight is 527 g/mol. The minimum atomic E-state index is -1.88. The molecule has 0 radical (unpaired) electrons. The van der Waals surface area contributed by atoms with Crippen LogP contribution in [-0.4, -0.2) is 21.0 Å². The summed E-state index contributed by atoms with van der Waals surface area (Å²) in [5.74, 6) is -0.952. The van der Waals surface area contributed by atoms with Crippen LogP contribution in [0.5, 0.6) is 0 Å². The zero-order valence-electron chi connectivity index (χ0n) is 16.6. The Morgan fingerprint density at radius 2 is 1.28 bits per heavy atom. The van der Waals surface area contributed by atoms with Crippen molar-refractivity contribution >= 4 is 75.3 Å². The van der Waals surface area contributed by atoms with Crippen molar-refractivity contribution in [1.29, 1.82) is 0 Å². The van der Waals surface area contributed by atoms with Crippen LogP contribution >= 0.6 is 58.6 Å². The van der Waals surface area contributed by atoms with Gasteiger partial charge in [0.15, 0.2) is 5.11 Å². The van der Waals surface area contributed by atoms with E-state index < -0.39 is 15.9 Å². The average Bonchev–Trinajstić information content (AvgIpc) is 2.76. The Balaban J connectivity index is 1.79. The number of halogens is 4. The normalized spacial score (nSPS) is 12.2. The van der Waals surface area contributed by atoms with Gasteiger partial charge < -0.3 is 16.0 Å². The smallest absolute Gasteiger partial charge is 0.233 e. The monoisotopic (exact) mass is 525 g/mol. The number of alkyl halides is 3. The lowest BCUT2D eigenvalue weighted by molar-refractivity contribution is -0.122. The molecule has 0 aromatic heterocycles. The van der Waals surface area contributed by atoms with Crippen molar-refractivity contribution in [3.63, 3.8) is 0 Å². The summed E-state index contributed by atoms with van der Waals surface area (Å²) in [5.41, 5.74) is 2.30. The Kier molecular flexibility index (Phi) is 8.63. The molecular weight excluding hydrogens is 508 g/mol. The Morgan fingerprint density at radius 3 is 1.75 bits per heavy atom. The van der Waals surface area contributed by atoms with Crippen LogP contribution in [0.3, 0.4) is 0 Å². The van der Waals surface area contributed by atoms with E-state index in [0.717, 1.165) is 11.1 Å². The molecule has 0 unspecified atom stereocenters. The summed E-state index contributed by atoms with van der Waals surface area (Å²) in [7, 11) is 0. The van der Waals surface area contributed by atoms with Gasteiger partial charge in [-0.05, 0) is 47.6 Å². The summed E-state index contributed by atoms with van der Waals surface area (Å²) in [6.07, 6.45) is -1.10.